The van der Waals surface area contributed by atoms with Gasteiger partial charge in [0, 0.05) is 0 Å². The lowest BCUT2D eigenvalue weighted by Crippen LogP contribution is -2.37. The molecule has 0 aliphatic carbocycles. The van der Waals surface area contributed by atoms with Crippen LogP contribution in [-0.2, 0) is 9.53 Å². The van der Waals surface area contributed by atoms with Crippen molar-refractivity contribution in [2.24, 2.45) is 0 Å². The molecule has 124 valence electrons. The van der Waals surface area contributed by atoms with Crippen LogP contribution in [0.15, 0.2) is 48.5 Å². The average Bonchev–Trinajstić information content (AvgIpc) is 2.54. The minimum atomic E-state index is -0.920. The third-order valence-electron chi connectivity index (χ3n) is 2.96. The molecule has 0 aromatic heterocycles. The molecule has 0 unspecified atom stereocenters. The van der Waals surface area contributed by atoms with Crippen LogP contribution in [0.25, 0.3) is 0 Å². The molecule has 0 aliphatic heterocycles. The highest BCUT2D eigenvalue weighted by molar-refractivity contribution is 6.02. The molecule has 0 atom stereocenters. The Morgan fingerprint density at radius 3 is 2.54 bits per heavy atom. The maximum absolute atomic E-state index is 13.4. The summed E-state index contributed by atoms with van der Waals surface area (Å²) in [7, 11) is 0. The van der Waals surface area contributed by atoms with Gasteiger partial charge in [-0.1, -0.05) is 29.8 Å². The second-order valence-corrected chi connectivity index (χ2v) is 4.93. The fraction of sp³-hybridized carbons (Fsp3) is 0.118. The molecule has 0 saturated heterocycles. The fourth-order valence-corrected chi connectivity index (χ4v) is 1.87. The number of carbonyl (C=O) groups is 3. The fourth-order valence-electron chi connectivity index (χ4n) is 1.87. The summed E-state index contributed by atoms with van der Waals surface area (Å²) >= 11 is 0. The predicted octanol–water partition coefficient (Wildman–Crippen LogP) is 2.64. The Bertz CT molecular complexity index is 777. The number of hydrogen-bond donors (Lipinski definition) is 2. The number of para-hydroxylation sites is 1. The van der Waals surface area contributed by atoms with Crippen LogP contribution in [-0.4, -0.2) is 24.5 Å². The SMILES string of the molecule is Cc1cccc(C(=O)OCC(=O)NC(=O)Nc2ccccc2F)c1. The van der Waals surface area contributed by atoms with Gasteiger partial charge in [0.15, 0.2) is 6.61 Å². The standard InChI is InChI=1S/C17H15FN2O4/c1-11-5-4-6-12(9-11)16(22)24-10-15(21)20-17(23)19-14-8-3-2-7-13(14)18/h2-9H,10H2,1H3,(H2,19,20,21,23). The van der Waals surface area contributed by atoms with Crippen molar-refractivity contribution in [3.63, 3.8) is 0 Å². The highest BCUT2D eigenvalue weighted by Gasteiger charge is 2.13. The summed E-state index contributed by atoms with van der Waals surface area (Å²) in [6.45, 7) is 1.19. The summed E-state index contributed by atoms with van der Waals surface area (Å²) in [5.74, 6) is -2.14. The van der Waals surface area contributed by atoms with Gasteiger partial charge in [-0.15, -0.1) is 0 Å². The number of nitrogens with one attached hydrogen (secondary N) is 2. The first-order chi connectivity index (χ1) is 11.5. The zero-order valence-corrected chi connectivity index (χ0v) is 12.8. The number of esters is 1. The zero-order valence-electron chi connectivity index (χ0n) is 12.8. The molecular formula is C17H15FN2O4. The molecule has 24 heavy (non-hydrogen) atoms. The van der Waals surface area contributed by atoms with Crippen molar-refractivity contribution in [3.05, 3.63) is 65.5 Å². The van der Waals surface area contributed by atoms with E-state index in [0.717, 1.165) is 5.56 Å². The quantitative estimate of drug-likeness (QED) is 0.844. The number of carbonyl (C=O) groups excluding carboxylic acids is 3. The van der Waals surface area contributed by atoms with Crippen LogP contribution in [0.1, 0.15) is 15.9 Å². The van der Waals surface area contributed by atoms with E-state index >= 15 is 0 Å². The van der Waals surface area contributed by atoms with Crippen LogP contribution in [0.3, 0.4) is 0 Å². The Balaban J connectivity index is 1.82. The molecule has 0 saturated carbocycles. The minimum absolute atomic E-state index is 0.0699. The Labute approximate surface area is 137 Å². The van der Waals surface area contributed by atoms with E-state index in [0.29, 0.717) is 5.56 Å². The number of aryl methyl sites for hydroxylation is 1. The maximum atomic E-state index is 13.4. The second kappa shape index (κ2) is 7.87. The second-order valence-electron chi connectivity index (χ2n) is 4.93. The van der Waals surface area contributed by atoms with Gasteiger partial charge >= 0.3 is 12.0 Å². The van der Waals surface area contributed by atoms with Crippen LogP contribution in [0.4, 0.5) is 14.9 Å². The number of rotatable bonds is 4. The molecule has 0 aliphatic rings. The van der Waals surface area contributed by atoms with E-state index in [1.54, 1.807) is 18.2 Å². The minimum Gasteiger partial charge on any atom is -0.452 e. The van der Waals surface area contributed by atoms with E-state index in [9.17, 15) is 18.8 Å². The number of anilines is 1. The summed E-state index contributed by atoms with van der Waals surface area (Å²) in [6.07, 6.45) is 0. The number of hydrogen-bond acceptors (Lipinski definition) is 4. The van der Waals surface area contributed by atoms with E-state index in [2.05, 4.69) is 5.32 Å². The van der Waals surface area contributed by atoms with Crippen LogP contribution in [0, 0.1) is 12.7 Å². The summed E-state index contributed by atoms with van der Waals surface area (Å²) in [6, 6.07) is 11.3. The molecule has 0 fully saturated rings. The predicted molar refractivity (Wildman–Crippen MR) is 85.0 cm³/mol. The molecule has 0 bridgehead atoms. The van der Waals surface area contributed by atoms with E-state index in [4.69, 9.17) is 4.74 Å². The van der Waals surface area contributed by atoms with Crippen LogP contribution < -0.4 is 10.6 Å². The topological polar surface area (TPSA) is 84.5 Å². The van der Waals surface area contributed by atoms with Gasteiger partial charge in [-0.25, -0.2) is 14.0 Å². The molecule has 6 nitrogen and oxygen atoms in total. The number of urea groups is 1. The summed E-state index contributed by atoms with van der Waals surface area (Å²) < 4.78 is 18.2. The molecule has 2 aromatic carbocycles. The van der Waals surface area contributed by atoms with Crippen LogP contribution in [0.5, 0.6) is 0 Å². The first-order valence-electron chi connectivity index (χ1n) is 7.05. The summed E-state index contributed by atoms with van der Waals surface area (Å²) in [5.41, 5.74) is 1.11. The Hall–Kier alpha value is -3.22. The number of benzene rings is 2. The first-order valence-corrected chi connectivity index (χ1v) is 7.05. The number of amides is 3. The Morgan fingerprint density at radius 1 is 1.08 bits per heavy atom. The van der Waals surface area contributed by atoms with Gasteiger partial charge in [0.05, 0.1) is 11.3 Å². The number of halogens is 1. The van der Waals surface area contributed by atoms with Crippen molar-refractivity contribution < 1.29 is 23.5 Å². The summed E-state index contributed by atoms with van der Waals surface area (Å²) in [5, 5.41) is 4.12. The van der Waals surface area contributed by atoms with Crippen molar-refractivity contribution in [2.75, 3.05) is 11.9 Å². The van der Waals surface area contributed by atoms with Gasteiger partial charge in [0.2, 0.25) is 0 Å². The smallest absolute Gasteiger partial charge is 0.338 e. The maximum Gasteiger partial charge on any atom is 0.338 e. The normalized spacial score (nSPS) is 9.92. The van der Waals surface area contributed by atoms with Crippen molar-refractivity contribution in [3.8, 4) is 0 Å². The molecule has 3 amide bonds. The number of imide groups is 1. The van der Waals surface area contributed by atoms with Gasteiger partial charge < -0.3 is 10.1 Å². The van der Waals surface area contributed by atoms with Gasteiger partial charge in [0.25, 0.3) is 5.91 Å². The van der Waals surface area contributed by atoms with Gasteiger partial charge in [-0.2, -0.15) is 0 Å². The van der Waals surface area contributed by atoms with Crippen molar-refractivity contribution in [1.29, 1.82) is 0 Å². The molecule has 0 heterocycles. The molecule has 0 radical (unpaired) electrons. The van der Waals surface area contributed by atoms with E-state index in [-0.39, 0.29) is 5.69 Å². The highest BCUT2D eigenvalue weighted by atomic mass is 19.1. The molecule has 7 heteroatoms. The summed E-state index contributed by atoms with van der Waals surface area (Å²) in [4.78, 5) is 34.9. The third-order valence-corrected chi connectivity index (χ3v) is 2.96. The number of ether oxygens (including phenoxy) is 1. The largest absolute Gasteiger partial charge is 0.452 e. The highest BCUT2D eigenvalue weighted by Crippen LogP contribution is 2.11. The van der Waals surface area contributed by atoms with Crippen LogP contribution >= 0.6 is 0 Å². The average molecular weight is 330 g/mol. The lowest BCUT2D eigenvalue weighted by atomic mass is 10.1. The van der Waals surface area contributed by atoms with Crippen molar-refractivity contribution in [1.82, 2.24) is 5.32 Å². The van der Waals surface area contributed by atoms with Gasteiger partial charge in [0.1, 0.15) is 5.82 Å². The van der Waals surface area contributed by atoms with Gasteiger partial charge in [-0.05, 0) is 31.2 Å². The van der Waals surface area contributed by atoms with Crippen LogP contribution in [0.2, 0.25) is 0 Å². The lowest BCUT2D eigenvalue weighted by Gasteiger charge is -2.08. The van der Waals surface area contributed by atoms with E-state index in [1.165, 1.54) is 24.3 Å². The molecule has 2 N–H and O–H groups in total. The first kappa shape index (κ1) is 17.1. The third kappa shape index (κ3) is 4.91. The van der Waals surface area contributed by atoms with E-state index < -0.39 is 30.3 Å². The lowest BCUT2D eigenvalue weighted by molar-refractivity contribution is -0.123. The van der Waals surface area contributed by atoms with E-state index in [1.807, 2.05) is 18.3 Å². The van der Waals surface area contributed by atoms with Crippen molar-refractivity contribution in [2.45, 2.75) is 6.92 Å². The molecule has 0 spiro atoms. The van der Waals surface area contributed by atoms with Crippen molar-refractivity contribution >= 4 is 23.6 Å². The Kier molecular flexibility index (Phi) is 5.62. The van der Waals surface area contributed by atoms with Gasteiger partial charge in [-0.3, -0.25) is 10.1 Å². The zero-order chi connectivity index (χ0) is 17.5. The molecular weight excluding hydrogens is 315 g/mol. The Morgan fingerprint density at radius 2 is 1.83 bits per heavy atom. The monoisotopic (exact) mass is 330 g/mol. The molecule has 2 aromatic rings. The molecule has 2 rings (SSSR count).